The maximum Gasteiger partial charge on any atom is 0.255 e. The second-order valence-corrected chi connectivity index (χ2v) is 7.59. The highest BCUT2D eigenvalue weighted by atomic mass is 35.5. The molecule has 3 N–H and O–H groups in total. The Labute approximate surface area is 193 Å². The molecule has 3 aromatic rings. The number of carbonyl (C=O) groups is 3. The maximum absolute atomic E-state index is 13.0. The van der Waals surface area contributed by atoms with Crippen LogP contribution in [0.25, 0.3) is 0 Å². The Morgan fingerprint density at radius 1 is 0.844 bits per heavy atom. The molecule has 0 heterocycles. The van der Waals surface area contributed by atoms with Crippen LogP contribution in [0.15, 0.2) is 66.7 Å². The Hall–Kier alpha value is -3.42. The van der Waals surface area contributed by atoms with E-state index in [1.807, 2.05) is 0 Å². The number of amides is 3. The van der Waals surface area contributed by atoms with Crippen molar-refractivity contribution in [2.24, 2.45) is 0 Å². The number of carbonyl (C=O) groups excluding carboxylic acids is 3. The van der Waals surface area contributed by atoms with Crippen molar-refractivity contribution in [1.29, 1.82) is 0 Å². The Kier molecular flexibility index (Phi) is 7.81. The van der Waals surface area contributed by atoms with Crippen molar-refractivity contribution >= 4 is 46.6 Å². The van der Waals surface area contributed by atoms with Crippen molar-refractivity contribution in [3.8, 4) is 0 Å². The van der Waals surface area contributed by atoms with E-state index >= 15 is 0 Å². The van der Waals surface area contributed by atoms with Crippen LogP contribution < -0.4 is 16.0 Å². The van der Waals surface area contributed by atoms with Gasteiger partial charge in [-0.15, -0.1) is 0 Å². The van der Waals surface area contributed by atoms with Gasteiger partial charge in [-0.2, -0.15) is 0 Å². The second-order valence-electron chi connectivity index (χ2n) is 6.74. The number of halogens is 3. The summed E-state index contributed by atoms with van der Waals surface area (Å²) in [7, 11) is 0. The zero-order valence-corrected chi connectivity index (χ0v) is 18.1. The number of rotatable bonds is 7. The summed E-state index contributed by atoms with van der Waals surface area (Å²) in [5.74, 6) is -1.70. The third-order valence-electron chi connectivity index (χ3n) is 4.37. The summed E-state index contributed by atoms with van der Waals surface area (Å²) in [5.41, 5.74) is 1.80. The molecule has 6 nitrogen and oxygen atoms in total. The first-order valence-electron chi connectivity index (χ1n) is 9.47. The maximum atomic E-state index is 13.0. The van der Waals surface area contributed by atoms with E-state index in [-0.39, 0.29) is 29.6 Å². The molecule has 0 radical (unpaired) electrons. The van der Waals surface area contributed by atoms with Crippen LogP contribution in [0.3, 0.4) is 0 Å². The molecule has 0 atom stereocenters. The van der Waals surface area contributed by atoms with Gasteiger partial charge < -0.3 is 16.0 Å². The van der Waals surface area contributed by atoms with Gasteiger partial charge in [-0.3, -0.25) is 14.4 Å². The van der Waals surface area contributed by atoms with Crippen molar-refractivity contribution < 1.29 is 18.8 Å². The van der Waals surface area contributed by atoms with Gasteiger partial charge >= 0.3 is 0 Å². The van der Waals surface area contributed by atoms with Gasteiger partial charge in [0.05, 0.1) is 17.1 Å². The molecule has 3 rings (SSSR count). The Balaban J connectivity index is 1.50. The summed E-state index contributed by atoms with van der Waals surface area (Å²) < 4.78 is 13.0. The highest BCUT2D eigenvalue weighted by Gasteiger charge is 2.12. The van der Waals surface area contributed by atoms with Gasteiger partial charge in [-0.1, -0.05) is 35.3 Å². The predicted octanol–water partition coefficient (Wildman–Crippen LogP) is 4.43. The summed E-state index contributed by atoms with van der Waals surface area (Å²) >= 11 is 11.8. The molecule has 32 heavy (non-hydrogen) atoms. The van der Waals surface area contributed by atoms with Gasteiger partial charge in [-0.25, -0.2) is 4.39 Å². The third-order valence-corrected chi connectivity index (χ3v) is 4.91. The lowest BCUT2D eigenvalue weighted by molar-refractivity contribution is -0.120. The smallest absolute Gasteiger partial charge is 0.255 e. The van der Waals surface area contributed by atoms with Crippen molar-refractivity contribution in [2.45, 2.75) is 6.54 Å². The van der Waals surface area contributed by atoms with Gasteiger partial charge in [0.2, 0.25) is 5.91 Å². The lowest BCUT2D eigenvalue weighted by Gasteiger charge is -2.10. The molecule has 0 fully saturated rings. The van der Waals surface area contributed by atoms with Crippen LogP contribution >= 0.6 is 23.2 Å². The van der Waals surface area contributed by atoms with Crippen LogP contribution in [-0.2, 0) is 11.3 Å². The zero-order valence-electron chi connectivity index (χ0n) is 16.6. The highest BCUT2D eigenvalue weighted by molar-refractivity contribution is 6.36. The lowest BCUT2D eigenvalue weighted by atomic mass is 10.1. The van der Waals surface area contributed by atoms with E-state index in [0.29, 0.717) is 16.3 Å². The van der Waals surface area contributed by atoms with Gasteiger partial charge in [0, 0.05) is 22.8 Å². The van der Waals surface area contributed by atoms with Crippen molar-refractivity contribution in [1.82, 2.24) is 10.6 Å². The number of nitrogens with one attached hydrogen (secondary N) is 3. The van der Waals surface area contributed by atoms with E-state index in [0.717, 1.165) is 5.56 Å². The molecule has 0 bridgehead atoms. The topological polar surface area (TPSA) is 87.3 Å². The quantitative estimate of drug-likeness (QED) is 0.474. The summed E-state index contributed by atoms with van der Waals surface area (Å²) in [4.78, 5) is 36.5. The fraction of sp³-hybridized carbons (Fsp3) is 0.0870. The zero-order chi connectivity index (χ0) is 23.1. The Morgan fingerprint density at radius 3 is 2.31 bits per heavy atom. The van der Waals surface area contributed by atoms with Crippen LogP contribution in [0.2, 0.25) is 10.0 Å². The average molecular weight is 474 g/mol. The van der Waals surface area contributed by atoms with E-state index in [9.17, 15) is 18.8 Å². The molecular formula is C23H18Cl2FN3O3. The molecule has 0 aliphatic carbocycles. The summed E-state index contributed by atoms with van der Waals surface area (Å²) in [5, 5.41) is 8.49. The highest BCUT2D eigenvalue weighted by Crippen LogP contribution is 2.20. The minimum Gasteiger partial charge on any atom is -0.350 e. The fourth-order valence-corrected chi connectivity index (χ4v) is 3.25. The molecule has 0 unspecified atom stereocenters. The second kappa shape index (κ2) is 10.7. The fourth-order valence-electron chi connectivity index (χ4n) is 2.76. The molecular weight excluding hydrogens is 456 g/mol. The summed E-state index contributed by atoms with van der Waals surface area (Å²) in [6, 6.07) is 16.6. The SMILES string of the molecule is O=C(CNC(=O)c1ccc(Cl)cc1Cl)NCc1cccc(NC(=O)c2ccc(F)cc2)c1. The summed E-state index contributed by atoms with van der Waals surface area (Å²) in [6.07, 6.45) is 0. The number of hydrogen-bond acceptors (Lipinski definition) is 3. The molecule has 0 aliphatic rings. The van der Waals surface area contributed by atoms with Crippen molar-refractivity contribution in [2.75, 3.05) is 11.9 Å². The first-order chi connectivity index (χ1) is 15.3. The van der Waals surface area contributed by atoms with E-state index in [4.69, 9.17) is 23.2 Å². The van der Waals surface area contributed by atoms with Crippen molar-refractivity contribution in [3.05, 3.63) is 99.3 Å². The number of hydrogen-bond donors (Lipinski definition) is 3. The van der Waals surface area contributed by atoms with Gasteiger partial charge in [-0.05, 0) is 60.2 Å². The van der Waals surface area contributed by atoms with Crippen LogP contribution in [0, 0.1) is 5.82 Å². The lowest BCUT2D eigenvalue weighted by Crippen LogP contribution is -2.36. The number of anilines is 1. The molecule has 0 aromatic heterocycles. The standard InChI is InChI=1S/C23H18Cl2FN3O3/c24-16-6-9-19(20(25)11-16)23(32)28-13-21(30)27-12-14-2-1-3-18(10-14)29-22(31)15-4-7-17(26)8-5-15/h1-11H,12-13H2,(H,27,30)(H,28,32)(H,29,31). The third kappa shape index (κ3) is 6.54. The molecule has 0 spiro atoms. The van der Waals surface area contributed by atoms with Crippen LogP contribution in [0.4, 0.5) is 10.1 Å². The van der Waals surface area contributed by atoms with Crippen LogP contribution in [-0.4, -0.2) is 24.3 Å². The predicted molar refractivity (Wildman–Crippen MR) is 121 cm³/mol. The van der Waals surface area contributed by atoms with Gasteiger partial charge in [0.1, 0.15) is 5.82 Å². The number of benzene rings is 3. The molecule has 0 aliphatic heterocycles. The normalized spacial score (nSPS) is 10.3. The first kappa shape index (κ1) is 23.2. The van der Waals surface area contributed by atoms with Gasteiger partial charge in [0.25, 0.3) is 11.8 Å². The summed E-state index contributed by atoms with van der Waals surface area (Å²) in [6.45, 7) is -0.0462. The Morgan fingerprint density at radius 2 is 1.59 bits per heavy atom. The molecule has 3 aromatic carbocycles. The van der Waals surface area contributed by atoms with Crippen molar-refractivity contribution in [3.63, 3.8) is 0 Å². The van der Waals surface area contributed by atoms with E-state index in [1.165, 1.54) is 42.5 Å². The Bertz CT molecular complexity index is 1150. The van der Waals surface area contributed by atoms with Gasteiger partial charge in [0.15, 0.2) is 0 Å². The monoisotopic (exact) mass is 473 g/mol. The van der Waals surface area contributed by atoms with E-state index in [2.05, 4.69) is 16.0 Å². The van der Waals surface area contributed by atoms with E-state index < -0.39 is 17.6 Å². The van der Waals surface area contributed by atoms with Crippen LogP contribution in [0.1, 0.15) is 26.3 Å². The van der Waals surface area contributed by atoms with E-state index in [1.54, 1.807) is 24.3 Å². The molecule has 3 amide bonds. The first-order valence-corrected chi connectivity index (χ1v) is 10.2. The minimum atomic E-state index is -0.493. The van der Waals surface area contributed by atoms with Crippen LogP contribution in [0.5, 0.6) is 0 Å². The molecule has 9 heteroatoms. The average Bonchev–Trinajstić information content (AvgIpc) is 2.76. The molecule has 0 saturated heterocycles. The molecule has 0 saturated carbocycles. The molecule has 164 valence electrons. The minimum absolute atomic E-state index is 0.190. The largest absolute Gasteiger partial charge is 0.350 e.